The van der Waals surface area contributed by atoms with Gasteiger partial charge in [0.05, 0.1) is 6.21 Å². The number of benzene rings is 3. The molecule has 3 aromatic carbocycles. The zero-order valence-corrected chi connectivity index (χ0v) is 17.2. The van der Waals surface area contributed by atoms with Gasteiger partial charge in [0.25, 0.3) is 0 Å². The summed E-state index contributed by atoms with van der Waals surface area (Å²) >= 11 is 3.39. The van der Waals surface area contributed by atoms with E-state index in [4.69, 9.17) is 9.15 Å². The molecule has 1 N–H and O–H groups in total. The fourth-order valence-corrected chi connectivity index (χ4v) is 3.12. The first-order valence-electron chi connectivity index (χ1n) is 9.07. The van der Waals surface area contributed by atoms with E-state index in [2.05, 4.69) is 26.5 Å². The maximum Gasteiger partial charge on any atom is 0.307 e. The lowest BCUT2D eigenvalue weighted by molar-refractivity contribution is 0.0929. The SMILES string of the molecule is O=C(NN=Cc1ccc(OCc2ccc(F)cc2)cc1)c1cc2cc(Br)ccc2o1. The number of hydrazone groups is 1. The van der Waals surface area contributed by atoms with Crippen LogP contribution in [0.15, 0.2) is 86.8 Å². The molecule has 1 aromatic heterocycles. The quantitative estimate of drug-likeness (QED) is 0.293. The molecular weight excluding hydrogens is 451 g/mol. The van der Waals surface area contributed by atoms with Crippen molar-refractivity contribution < 1.29 is 18.3 Å². The fraction of sp³-hybridized carbons (Fsp3) is 0.0435. The highest BCUT2D eigenvalue weighted by Gasteiger charge is 2.11. The van der Waals surface area contributed by atoms with Crippen molar-refractivity contribution in [3.05, 3.63) is 100.0 Å². The van der Waals surface area contributed by atoms with Crippen LogP contribution in [-0.2, 0) is 6.61 Å². The molecule has 1 amide bonds. The van der Waals surface area contributed by atoms with Crippen LogP contribution >= 0.6 is 15.9 Å². The summed E-state index contributed by atoms with van der Waals surface area (Å²) in [6.07, 6.45) is 1.53. The number of carbonyl (C=O) groups excluding carboxylic acids is 1. The Morgan fingerprint density at radius 2 is 1.83 bits per heavy atom. The van der Waals surface area contributed by atoms with Crippen molar-refractivity contribution in [1.82, 2.24) is 5.43 Å². The van der Waals surface area contributed by atoms with Crippen molar-refractivity contribution in [2.75, 3.05) is 0 Å². The highest BCUT2D eigenvalue weighted by Crippen LogP contribution is 2.23. The van der Waals surface area contributed by atoms with Gasteiger partial charge >= 0.3 is 5.91 Å². The summed E-state index contributed by atoms with van der Waals surface area (Å²) in [5, 5.41) is 4.80. The lowest BCUT2D eigenvalue weighted by Gasteiger charge is -2.06. The smallest absolute Gasteiger partial charge is 0.307 e. The van der Waals surface area contributed by atoms with Crippen LogP contribution in [0.4, 0.5) is 4.39 Å². The second kappa shape index (κ2) is 8.92. The molecule has 0 saturated carbocycles. The molecule has 0 atom stereocenters. The summed E-state index contributed by atoms with van der Waals surface area (Å²) in [7, 11) is 0. The van der Waals surface area contributed by atoms with E-state index in [1.807, 2.05) is 24.3 Å². The zero-order chi connectivity index (χ0) is 20.9. The first kappa shape index (κ1) is 19.8. The highest BCUT2D eigenvalue weighted by molar-refractivity contribution is 9.10. The fourth-order valence-electron chi connectivity index (χ4n) is 2.74. The molecule has 0 unspecified atom stereocenters. The highest BCUT2D eigenvalue weighted by atomic mass is 79.9. The van der Waals surface area contributed by atoms with Gasteiger partial charge in [-0.1, -0.05) is 28.1 Å². The largest absolute Gasteiger partial charge is 0.489 e. The molecule has 150 valence electrons. The van der Waals surface area contributed by atoms with Crippen molar-refractivity contribution in [3.8, 4) is 5.75 Å². The summed E-state index contributed by atoms with van der Waals surface area (Å²) in [4.78, 5) is 12.2. The number of nitrogens with zero attached hydrogens (tertiary/aromatic N) is 1. The summed E-state index contributed by atoms with van der Waals surface area (Å²) in [5.74, 6) is 0.152. The molecule has 1 heterocycles. The molecule has 0 aliphatic rings. The van der Waals surface area contributed by atoms with Gasteiger partial charge in [0.1, 0.15) is 23.8 Å². The van der Waals surface area contributed by atoms with Gasteiger partial charge in [-0.15, -0.1) is 0 Å². The molecule has 7 heteroatoms. The molecule has 0 aliphatic heterocycles. The van der Waals surface area contributed by atoms with Crippen LogP contribution in [0.5, 0.6) is 5.75 Å². The Bertz CT molecular complexity index is 1200. The number of furan rings is 1. The van der Waals surface area contributed by atoms with Gasteiger partial charge in [-0.25, -0.2) is 9.82 Å². The Hall–Kier alpha value is -3.45. The summed E-state index contributed by atoms with van der Waals surface area (Å²) in [5.41, 5.74) is 4.75. The summed E-state index contributed by atoms with van der Waals surface area (Å²) < 4.78 is 25.0. The lowest BCUT2D eigenvalue weighted by atomic mass is 10.2. The number of carbonyl (C=O) groups is 1. The first-order valence-corrected chi connectivity index (χ1v) is 9.86. The number of nitrogens with one attached hydrogen (secondary N) is 1. The van der Waals surface area contributed by atoms with Gasteiger partial charge in [-0.3, -0.25) is 4.79 Å². The average Bonchev–Trinajstić information content (AvgIpc) is 3.17. The third-order valence-corrected chi connectivity index (χ3v) is 4.77. The lowest BCUT2D eigenvalue weighted by Crippen LogP contribution is -2.16. The molecule has 5 nitrogen and oxygen atoms in total. The summed E-state index contributed by atoms with van der Waals surface area (Å²) in [6.45, 7) is 0.345. The average molecular weight is 467 g/mol. The second-order valence-corrected chi connectivity index (χ2v) is 7.39. The minimum absolute atomic E-state index is 0.185. The molecule has 4 aromatic rings. The second-order valence-electron chi connectivity index (χ2n) is 6.48. The van der Waals surface area contributed by atoms with Crippen molar-refractivity contribution in [2.24, 2.45) is 5.10 Å². The van der Waals surface area contributed by atoms with Gasteiger partial charge in [0, 0.05) is 9.86 Å². The van der Waals surface area contributed by atoms with E-state index in [0.717, 1.165) is 21.0 Å². The Labute approximate surface area is 180 Å². The number of ether oxygens (including phenoxy) is 1. The maximum atomic E-state index is 12.9. The van der Waals surface area contributed by atoms with E-state index in [-0.39, 0.29) is 11.6 Å². The summed E-state index contributed by atoms with van der Waals surface area (Å²) in [6, 6.07) is 20.6. The molecule has 0 bridgehead atoms. The van der Waals surface area contributed by atoms with Crippen molar-refractivity contribution in [2.45, 2.75) is 6.61 Å². The van der Waals surface area contributed by atoms with Gasteiger partial charge in [0.2, 0.25) is 0 Å². The van der Waals surface area contributed by atoms with Crippen LogP contribution in [0.2, 0.25) is 0 Å². The van der Waals surface area contributed by atoms with Crippen LogP contribution in [0.3, 0.4) is 0 Å². The van der Waals surface area contributed by atoms with Crippen LogP contribution in [-0.4, -0.2) is 12.1 Å². The Morgan fingerprint density at radius 3 is 2.60 bits per heavy atom. The molecule has 30 heavy (non-hydrogen) atoms. The number of amides is 1. The molecular formula is C23H16BrFN2O3. The number of hydrogen-bond acceptors (Lipinski definition) is 4. The third kappa shape index (κ3) is 4.93. The van der Waals surface area contributed by atoms with Crippen LogP contribution in [0.25, 0.3) is 11.0 Å². The van der Waals surface area contributed by atoms with Crippen LogP contribution < -0.4 is 10.2 Å². The van der Waals surface area contributed by atoms with Gasteiger partial charge < -0.3 is 9.15 Å². The normalized spacial score (nSPS) is 11.1. The van der Waals surface area contributed by atoms with E-state index >= 15 is 0 Å². The van der Waals surface area contributed by atoms with Gasteiger partial charge in [-0.2, -0.15) is 5.10 Å². The standard InChI is InChI=1S/C23H16BrFN2O3/c24-18-5-10-21-17(11-18)12-22(30-21)23(28)27-26-13-15-3-8-20(9-4-15)29-14-16-1-6-19(25)7-2-16/h1-13H,14H2,(H,27,28). The van der Waals surface area contributed by atoms with Crippen LogP contribution in [0, 0.1) is 5.82 Å². The molecule has 4 rings (SSSR count). The third-order valence-electron chi connectivity index (χ3n) is 4.28. The van der Waals surface area contributed by atoms with Crippen molar-refractivity contribution in [3.63, 3.8) is 0 Å². The Kier molecular flexibility index (Phi) is 5.90. The Balaban J connectivity index is 1.32. The molecule has 0 spiro atoms. The number of halogens is 2. The Morgan fingerprint density at radius 1 is 1.07 bits per heavy atom. The first-order chi connectivity index (χ1) is 14.6. The van der Waals surface area contributed by atoms with Gasteiger partial charge in [0.15, 0.2) is 5.76 Å². The predicted molar refractivity (Wildman–Crippen MR) is 116 cm³/mol. The van der Waals surface area contributed by atoms with E-state index in [1.165, 1.54) is 18.3 Å². The van der Waals surface area contributed by atoms with Crippen LogP contribution in [0.1, 0.15) is 21.7 Å². The minimum atomic E-state index is -0.433. The molecule has 0 aliphatic carbocycles. The van der Waals surface area contributed by atoms with E-state index in [0.29, 0.717) is 17.9 Å². The zero-order valence-electron chi connectivity index (χ0n) is 15.6. The molecule has 0 saturated heterocycles. The van der Waals surface area contributed by atoms with Gasteiger partial charge in [-0.05, 0) is 71.8 Å². The van der Waals surface area contributed by atoms with Crippen molar-refractivity contribution >= 4 is 39.0 Å². The number of rotatable bonds is 6. The van der Waals surface area contributed by atoms with E-state index < -0.39 is 5.91 Å². The number of fused-ring (bicyclic) bond motifs is 1. The van der Waals surface area contributed by atoms with E-state index in [9.17, 15) is 9.18 Å². The maximum absolute atomic E-state index is 12.9. The molecule has 0 radical (unpaired) electrons. The minimum Gasteiger partial charge on any atom is -0.489 e. The monoisotopic (exact) mass is 466 g/mol. The predicted octanol–water partition coefficient (Wildman–Crippen LogP) is 5.68. The molecule has 0 fully saturated rings. The number of hydrogen-bond donors (Lipinski definition) is 1. The van der Waals surface area contributed by atoms with E-state index in [1.54, 1.807) is 36.4 Å². The van der Waals surface area contributed by atoms with Crippen molar-refractivity contribution in [1.29, 1.82) is 0 Å². The topological polar surface area (TPSA) is 63.8 Å².